The first-order valence-corrected chi connectivity index (χ1v) is 5.36. The molecule has 1 atom stereocenters. The van der Waals surface area contributed by atoms with Crippen molar-refractivity contribution in [3.05, 3.63) is 18.2 Å². The summed E-state index contributed by atoms with van der Waals surface area (Å²) in [6, 6.07) is 4.85. The minimum absolute atomic E-state index is 0.0961. The third kappa shape index (κ3) is 3.60. The number of carbonyl (C=O) groups excluding carboxylic acids is 1. The maximum absolute atomic E-state index is 11.6. The maximum atomic E-state index is 11.6. The number of hydrogen-bond acceptors (Lipinski definition) is 6. The van der Waals surface area contributed by atoms with Crippen LogP contribution in [0.3, 0.4) is 0 Å². The Morgan fingerprint density at radius 1 is 1.41 bits per heavy atom. The average Bonchev–Trinajstić information content (AvgIpc) is 2.35. The van der Waals surface area contributed by atoms with Crippen LogP contribution in [0.5, 0.6) is 0 Å². The zero-order chi connectivity index (χ0) is 12.8. The minimum Gasteiger partial charge on any atom is -0.467 e. The van der Waals surface area contributed by atoms with E-state index in [9.17, 15) is 4.79 Å². The smallest absolute Gasteiger partial charge is 0.328 e. The molecule has 0 aliphatic rings. The second-order valence-electron chi connectivity index (χ2n) is 3.94. The van der Waals surface area contributed by atoms with Crippen LogP contribution < -0.4 is 16.6 Å². The van der Waals surface area contributed by atoms with Crippen LogP contribution in [0.2, 0.25) is 0 Å². The van der Waals surface area contributed by atoms with E-state index in [2.05, 4.69) is 15.7 Å². The molecule has 0 amide bonds. The van der Waals surface area contributed by atoms with Gasteiger partial charge in [0, 0.05) is 0 Å². The predicted octanol–water partition coefficient (Wildman–Crippen LogP) is 0.977. The lowest BCUT2D eigenvalue weighted by Gasteiger charge is -2.20. The number of carbonyl (C=O) groups is 1. The molecule has 17 heavy (non-hydrogen) atoms. The summed E-state index contributed by atoms with van der Waals surface area (Å²) in [5.41, 5.74) is 2.45. The van der Waals surface area contributed by atoms with Gasteiger partial charge in [-0.2, -0.15) is 0 Å². The molecule has 0 aliphatic carbocycles. The highest BCUT2D eigenvalue weighted by Gasteiger charge is 2.23. The highest BCUT2D eigenvalue weighted by atomic mass is 16.5. The van der Waals surface area contributed by atoms with Gasteiger partial charge in [0.15, 0.2) is 0 Å². The number of nitrogens with one attached hydrogen (secondary N) is 2. The van der Waals surface area contributed by atoms with Crippen molar-refractivity contribution in [2.75, 3.05) is 17.9 Å². The summed E-state index contributed by atoms with van der Waals surface area (Å²) in [4.78, 5) is 15.7. The highest BCUT2D eigenvalue weighted by Crippen LogP contribution is 2.13. The summed E-state index contributed by atoms with van der Waals surface area (Å²) in [6.45, 7) is 3.86. The SMILES string of the molecule is COC(=O)C(Nc1cccc(NN)n1)C(C)C. The molecule has 6 nitrogen and oxygen atoms in total. The fourth-order valence-electron chi connectivity index (χ4n) is 1.38. The van der Waals surface area contributed by atoms with Crippen LogP contribution in [0.15, 0.2) is 18.2 Å². The van der Waals surface area contributed by atoms with Crippen molar-refractivity contribution in [1.82, 2.24) is 4.98 Å². The molecule has 0 aromatic carbocycles. The maximum Gasteiger partial charge on any atom is 0.328 e. The number of pyridine rings is 1. The molecule has 0 bridgehead atoms. The van der Waals surface area contributed by atoms with Crippen LogP contribution in [0, 0.1) is 5.92 Å². The molecule has 4 N–H and O–H groups in total. The average molecular weight is 238 g/mol. The number of ether oxygens (including phenoxy) is 1. The summed E-state index contributed by atoms with van der Waals surface area (Å²) >= 11 is 0. The summed E-state index contributed by atoms with van der Waals surface area (Å²) in [5.74, 6) is 6.15. The van der Waals surface area contributed by atoms with Crippen LogP contribution in [0.25, 0.3) is 0 Å². The van der Waals surface area contributed by atoms with Gasteiger partial charge in [-0.1, -0.05) is 19.9 Å². The first-order chi connectivity index (χ1) is 8.08. The number of nitrogens with zero attached hydrogens (tertiary/aromatic N) is 1. The minimum atomic E-state index is -0.430. The standard InChI is InChI=1S/C11H18N4O2/c1-7(2)10(11(16)17-3)14-8-5-4-6-9(13-8)15-12/h4-7,10H,12H2,1-3H3,(H2,13,14,15). The van der Waals surface area contributed by atoms with Gasteiger partial charge in [-0.05, 0) is 18.1 Å². The number of aromatic nitrogens is 1. The van der Waals surface area contributed by atoms with E-state index < -0.39 is 6.04 Å². The molecule has 1 aromatic rings. The van der Waals surface area contributed by atoms with E-state index in [4.69, 9.17) is 10.6 Å². The van der Waals surface area contributed by atoms with Gasteiger partial charge in [-0.25, -0.2) is 15.6 Å². The van der Waals surface area contributed by atoms with Crippen molar-refractivity contribution in [3.8, 4) is 0 Å². The molecule has 0 saturated carbocycles. The number of hydrazine groups is 1. The van der Waals surface area contributed by atoms with Gasteiger partial charge in [-0.15, -0.1) is 0 Å². The van der Waals surface area contributed by atoms with Crippen molar-refractivity contribution < 1.29 is 9.53 Å². The normalized spacial score (nSPS) is 12.1. The summed E-state index contributed by atoms with van der Waals surface area (Å²) in [6.07, 6.45) is 0. The number of nitrogens with two attached hydrogens (primary N) is 1. The van der Waals surface area contributed by atoms with E-state index in [1.54, 1.807) is 18.2 Å². The van der Waals surface area contributed by atoms with Gasteiger partial charge in [0.25, 0.3) is 0 Å². The summed E-state index contributed by atoms with van der Waals surface area (Å²) in [5, 5.41) is 3.02. The van der Waals surface area contributed by atoms with Crippen LogP contribution in [-0.4, -0.2) is 24.1 Å². The van der Waals surface area contributed by atoms with Gasteiger partial charge < -0.3 is 15.5 Å². The Balaban J connectivity index is 2.82. The monoisotopic (exact) mass is 238 g/mol. The third-order valence-corrected chi connectivity index (χ3v) is 2.32. The van der Waals surface area contributed by atoms with Crippen molar-refractivity contribution in [3.63, 3.8) is 0 Å². The summed E-state index contributed by atoms with van der Waals surface area (Å²) < 4.78 is 4.73. The first-order valence-electron chi connectivity index (χ1n) is 5.36. The Bertz CT molecular complexity index is 381. The van der Waals surface area contributed by atoms with Gasteiger partial charge in [0.1, 0.15) is 17.7 Å². The molecule has 6 heteroatoms. The molecule has 1 aromatic heterocycles. The molecule has 94 valence electrons. The van der Waals surface area contributed by atoms with Gasteiger partial charge in [-0.3, -0.25) is 0 Å². The van der Waals surface area contributed by atoms with Crippen LogP contribution >= 0.6 is 0 Å². The zero-order valence-electron chi connectivity index (χ0n) is 10.2. The number of methoxy groups -OCH3 is 1. The zero-order valence-corrected chi connectivity index (χ0v) is 10.2. The number of hydrogen-bond donors (Lipinski definition) is 3. The molecule has 0 aliphatic heterocycles. The van der Waals surface area contributed by atoms with E-state index in [1.165, 1.54) is 7.11 Å². The molecular formula is C11H18N4O2. The predicted molar refractivity (Wildman–Crippen MR) is 66.3 cm³/mol. The molecule has 0 radical (unpaired) electrons. The lowest BCUT2D eigenvalue weighted by atomic mass is 10.0. The Morgan fingerprint density at radius 3 is 2.59 bits per heavy atom. The highest BCUT2D eigenvalue weighted by molar-refractivity contribution is 5.79. The van der Waals surface area contributed by atoms with Crippen molar-refractivity contribution in [2.24, 2.45) is 11.8 Å². The molecular weight excluding hydrogens is 220 g/mol. The van der Waals surface area contributed by atoms with E-state index >= 15 is 0 Å². The Kier molecular flexibility index (Phi) is 4.71. The molecule has 0 saturated heterocycles. The fraction of sp³-hybridized carbons (Fsp3) is 0.455. The topological polar surface area (TPSA) is 89.3 Å². The molecule has 1 heterocycles. The number of nitrogen functional groups attached to an aromatic ring is 1. The Hall–Kier alpha value is -1.82. The summed E-state index contributed by atoms with van der Waals surface area (Å²) in [7, 11) is 1.37. The van der Waals surface area contributed by atoms with Gasteiger partial charge in [0.05, 0.1) is 7.11 Å². The quantitative estimate of drug-likeness (QED) is 0.402. The van der Waals surface area contributed by atoms with Gasteiger partial charge in [0.2, 0.25) is 0 Å². The largest absolute Gasteiger partial charge is 0.467 e. The Labute approximate surface area is 101 Å². The fourth-order valence-corrected chi connectivity index (χ4v) is 1.38. The lowest BCUT2D eigenvalue weighted by Crippen LogP contribution is -2.35. The van der Waals surface area contributed by atoms with Crippen molar-refractivity contribution in [2.45, 2.75) is 19.9 Å². The van der Waals surface area contributed by atoms with Crippen molar-refractivity contribution in [1.29, 1.82) is 0 Å². The third-order valence-electron chi connectivity index (χ3n) is 2.32. The molecule has 1 rings (SSSR count). The lowest BCUT2D eigenvalue weighted by molar-refractivity contribution is -0.142. The number of esters is 1. The van der Waals surface area contributed by atoms with E-state index in [0.717, 1.165) is 0 Å². The van der Waals surface area contributed by atoms with Crippen LogP contribution in [-0.2, 0) is 9.53 Å². The Morgan fingerprint density at radius 2 is 2.06 bits per heavy atom. The van der Waals surface area contributed by atoms with E-state index in [1.807, 2.05) is 13.8 Å². The van der Waals surface area contributed by atoms with Crippen LogP contribution in [0.1, 0.15) is 13.8 Å². The molecule has 1 unspecified atom stereocenters. The van der Waals surface area contributed by atoms with Crippen LogP contribution in [0.4, 0.5) is 11.6 Å². The number of rotatable bonds is 5. The molecule has 0 spiro atoms. The van der Waals surface area contributed by atoms with Gasteiger partial charge >= 0.3 is 5.97 Å². The van der Waals surface area contributed by atoms with Crippen molar-refractivity contribution >= 4 is 17.6 Å². The second kappa shape index (κ2) is 6.05. The molecule has 0 fully saturated rings. The van der Waals surface area contributed by atoms with E-state index in [0.29, 0.717) is 11.6 Å². The number of anilines is 2. The first kappa shape index (κ1) is 13.2. The second-order valence-corrected chi connectivity index (χ2v) is 3.94. The van der Waals surface area contributed by atoms with E-state index in [-0.39, 0.29) is 11.9 Å².